The summed E-state index contributed by atoms with van der Waals surface area (Å²) in [6, 6.07) is 0. The lowest BCUT2D eigenvalue weighted by Crippen LogP contribution is -2.36. The third kappa shape index (κ3) is 2.05. The van der Waals surface area contributed by atoms with Crippen molar-refractivity contribution >= 4 is 18.2 Å². The minimum absolute atomic E-state index is 0.0604. The van der Waals surface area contributed by atoms with E-state index in [1.807, 2.05) is 0 Å². The van der Waals surface area contributed by atoms with E-state index in [1.54, 1.807) is 0 Å². The van der Waals surface area contributed by atoms with Gasteiger partial charge in [0.25, 0.3) is 0 Å². The van der Waals surface area contributed by atoms with Crippen LogP contribution in [0.1, 0.15) is 19.8 Å². The van der Waals surface area contributed by atoms with E-state index in [0.29, 0.717) is 6.29 Å². The predicted molar refractivity (Wildman–Crippen MR) is 38.7 cm³/mol. The van der Waals surface area contributed by atoms with Gasteiger partial charge in [-0.15, -0.1) is 0 Å². The molecule has 0 bridgehead atoms. The Morgan fingerprint density at radius 1 is 1.33 bits per heavy atom. The van der Waals surface area contributed by atoms with Crippen LogP contribution >= 0.6 is 0 Å². The van der Waals surface area contributed by atoms with Crippen LogP contribution in [-0.4, -0.2) is 28.4 Å². The van der Waals surface area contributed by atoms with Gasteiger partial charge in [0.15, 0.2) is 5.41 Å². The number of carbonyl (C=O) groups excluding carboxylic acids is 1. The molecule has 0 aromatic carbocycles. The Hall–Kier alpha value is -1.39. The van der Waals surface area contributed by atoms with Crippen LogP contribution in [0.2, 0.25) is 0 Å². The molecule has 5 heteroatoms. The summed E-state index contributed by atoms with van der Waals surface area (Å²) in [5, 5.41) is 17.1. The van der Waals surface area contributed by atoms with Crippen molar-refractivity contribution in [2.75, 3.05) is 0 Å². The lowest BCUT2D eigenvalue weighted by molar-refractivity contribution is -0.163. The first-order valence-electron chi connectivity index (χ1n) is 3.35. The molecule has 0 saturated heterocycles. The van der Waals surface area contributed by atoms with Crippen molar-refractivity contribution < 1.29 is 24.6 Å². The molecule has 0 spiro atoms. The Balaban J connectivity index is 4.50. The van der Waals surface area contributed by atoms with E-state index in [9.17, 15) is 14.4 Å². The van der Waals surface area contributed by atoms with Gasteiger partial charge in [0.1, 0.15) is 6.29 Å². The molecular weight excluding hydrogens is 164 g/mol. The molecule has 0 aliphatic carbocycles. The van der Waals surface area contributed by atoms with Crippen LogP contribution in [0.15, 0.2) is 0 Å². The number of aliphatic carboxylic acids is 2. The van der Waals surface area contributed by atoms with E-state index in [-0.39, 0.29) is 12.8 Å². The highest BCUT2D eigenvalue weighted by Gasteiger charge is 2.40. The zero-order chi connectivity index (χ0) is 9.78. The van der Waals surface area contributed by atoms with E-state index in [4.69, 9.17) is 10.2 Å². The van der Waals surface area contributed by atoms with Crippen molar-refractivity contribution in [2.24, 2.45) is 5.41 Å². The number of rotatable bonds is 5. The molecule has 68 valence electrons. The topological polar surface area (TPSA) is 91.7 Å². The summed E-state index contributed by atoms with van der Waals surface area (Å²) in [6.07, 6.45) is 0.264. The van der Waals surface area contributed by atoms with Crippen LogP contribution in [0.25, 0.3) is 0 Å². The second kappa shape index (κ2) is 3.85. The second-order valence-corrected chi connectivity index (χ2v) is 2.65. The Labute approximate surface area is 69.0 Å². The highest BCUT2D eigenvalue weighted by molar-refractivity contribution is 5.97. The molecule has 0 radical (unpaired) electrons. The summed E-state index contributed by atoms with van der Waals surface area (Å²) in [7, 11) is 0. The molecule has 5 nitrogen and oxygen atoms in total. The first-order chi connectivity index (χ1) is 5.45. The van der Waals surface area contributed by atoms with E-state index < -0.39 is 17.4 Å². The third-order valence-corrected chi connectivity index (χ3v) is 1.71. The average Bonchev–Trinajstić information content (AvgIpc) is 1.99. The normalized spacial score (nSPS) is 10.8. The van der Waals surface area contributed by atoms with Gasteiger partial charge in [0, 0.05) is 6.42 Å². The number of carboxylic acids is 2. The summed E-state index contributed by atoms with van der Waals surface area (Å²) in [4.78, 5) is 30.9. The van der Waals surface area contributed by atoms with Gasteiger partial charge < -0.3 is 15.0 Å². The van der Waals surface area contributed by atoms with Crippen LogP contribution in [0, 0.1) is 5.41 Å². The summed E-state index contributed by atoms with van der Waals surface area (Å²) in [6.45, 7) is 1.08. The fourth-order valence-corrected chi connectivity index (χ4v) is 0.653. The molecule has 0 unspecified atom stereocenters. The van der Waals surface area contributed by atoms with Crippen molar-refractivity contribution in [3.8, 4) is 0 Å². The minimum Gasteiger partial charge on any atom is -0.480 e. The first kappa shape index (κ1) is 10.6. The van der Waals surface area contributed by atoms with Gasteiger partial charge in [-0.25, -0.2) is 0 Å². The molecule has 12 heavy (non-hydrogen) atoms. The molecule has 0 aromatic rings. The van der Waals surface area contributed by atoms with Crippen LogP contribution in [-0.2, 0) is 14.4 Å². The van der Waals surface area contributed by atoms with Gasteiger partial charge in [-0.2, -0.15) is 0 Å². The van der Waals surface area contributed by atoms with Gasteiger partial charge in [-0.05, 0) is 13.3 Å². The Morgan fingerprint density at radius 2 is 1.75 bits per heavy atom. The number of aldehydes is 1. The number of carbonyl (C=O) groups is 3. The Bertz CT molecular complexity index is 194. The van der Waals surface area contributed by atoms with Gasteiger partial charge in [-0.3, -0.25) is 9.59 Å². The number of hydrogen-bond acceptors (Lipinski definition) is 3. The van der Waals surface area contributed by atoms with E-state index >= 15 is 0 Å². The lowest BCUT2D eigenvalue weighted by atomic mass is 9.86. The SMILES string of the molecule is CC(CCC=O)(C(=O)O)C(=O)O. The third-order valence-electron chi connectivity index (χ3n) is 1.71. The fraction of sp³-hybridized carbons (Fsp3) is 0.571. The molecule has 0 saturated carbocycles. The smallest absolute Gasteiger partial charge is 0.320 e. The maximum Gasteiger partial charge on any atom is 0.320 e. The summed E-state index contributed by atoms with van der Waals surface area (Å²) in [5.41, 5.74) is -1.85. The molecular formula is C7H10O5. The summed E-state index contributed by atoms with van der Waals surface area (Å²) in [5.74, 6) is -2.84. The zero-order valence-electron chi connectivity index (χ0n) is 6.61. The first-order valence-corrected chi connectivity index (χ1v) is 3.35. The van der Waals surface area contributed by atoms with Gasteiger partial charge in [-0.1, -0.05) is 0 Å². The largest absolute Gasteiger partial charge is 0.480 e. The molecule has 0 atom stereocenters. The minimum atomic E-state index is -1.85. The summed E-state index contributed by atoms with van der Waals surface area (Å²) < 4.78 is 0. The Kier molecular flexibility index (Phi) is 3.40. The van der Waals surface area contributed by atoms with Crippen molar-refractivity contribution in [2.45, 2.75) is 19.8 Å². The van der Waals surface area contributed by atoms with E-state index in [2.05, 4.69) is 0 Å². The molecule has 0 aliphatic rings. The average molecular weight is 174 g/mol. The van der Waals surface area contributed by atoms with Crippen molar-refractivity contribution in [1.29, 1.82) is 0 Å². The molecule has 0 aromatic heterocycles. The van der Waals surface area contributed by atoms with E-state index in [1.165, 1.54) is 0 Å². The lowest BCUT2D eigenvalue weighted by Gasteiger charge is -2.17. The Morgan fingerprint density at radius 3 is 2.00 bits per heavy atom. The molecule has 0 aliphatic heterocycles. The van der Waals surface area contributed by atoms with Crippen LogP contribution in [0.3, 0.4) is 0 Å². The van der Waals surface area contributed by atoms with Crippen molar-refractivity contribution in [3.05, 3.63) is 0 Å². The number of hydrogen-bond donors (Lipinski definition) is 2. The zero-order valence-corrected chi connectivity index (χ0v) is 6.61. The van der Waals surface area contributed by atoms with E-state index in [0.717, 1.165) is 6.92 Å². The maximum atomic E-state index is 10.5. The summed E-state index contributed by atoms with van der Waals surface area (Å²) >= 11 is 0. The molecule has 2 N–H and O–H groups in total. The maximum absolute atomic E-state index is 10.5. The van der Waals surface area contributed by atoms with Crippen LogP contribution in [0.4, 0.5) is 0 Å². The second-order valence-electron chi connectivity index (χ2n) is 2.65. The van der Waals surface area contributed by atoms with Crippen molar-refractivity contribution in [3.63, 3.8) is 0 Å². The fourth-order valence-electron chi connectivity index (χ4n) is 0.653. The molecule has 0 fully saturated rings. The van der Waals surface area contributed by atoms with Crippen molar-refractivity contribution in [1.82, 2.24) is 0 Å². The highest BCUT2D eigenvalue weighted by Crippen LogP contribution is 2.23. The van der Waals surface area contributed by atoms with Crippen LogP contribution < -0.4 is 0 Å². The number of carboxylic acid groups (broad SMARTS) is 2. The predicted octanol–water partition coefficient (Wildman–Crippen LogP) is 0.141. The molecule has 0 heterocycles. The van der Waals surface area contributed by atoms with Gasteiger partial charge >= 0.3 is 11.9 Å². The van der Waals surface area contributed by atoms with Gasteiger partial charge in [0.05, 0.1) is 0 Å². The highest BCUT2D eigenvalue weighted by atomic mass is 16.4. The molecule has 0 rings (SSSR count). The van der Waals surface area contributed by atoms with Gasteiger partial charge in [0.2, 0.25) is 0 Å². The van der Waals surface area contributed by atoms with Crippen LogP contribution in [0.5, 0.6) is 0 Å². The quantitative estimate of drug-likeness (QED) is 0.457. The molecule has 0 amide bonds. The standard InChI is InChI=1S/C7H10O5/c1-7(5(9)10,6(11)12)3-2-4-8/h4H,2-3H2,1H3,(H,9,10)(H,11,12). The monoisotopic (exact) mass is 174 g/mol.